The fraction of sp³-hybridized carbons (Fsp3) is 0.175. The number of para-hydroxylation sites is 2. The maximum atomic E-state index is 6.65. The highest BCUT2D eigenvalue weighted by molar-refractivity contribution is 7.00. The van der Waals surface area contributed by atoms with Crippen LogP contribution < -0.4 is 31.1 Å². The first-order chi connectivity index (χ1) is 40.9. The predicted octanol–water partition coefficient (Wildman–Crippen LogP) is 20.6. The summed E-state index contributed by atoms with van der Waals surface area (Å²) in [6.45, 7) is 25.4. The highest BCUT2D eigenvalue weighted by Gasteiger charge is 2.45. The zero-order chi connectivity index (χ0) is 58.7. The number of rotatable bonds is 8. The molecule has 5 heteroatoms. The average molecular weight is 1100 g/mol. The number of nitrogens with zero attached hydrogens (tertiary/aromatic N) is 3. The molecule has 85 heavy (non-hydrogen) atoms. The van der Waals surface area contributed by atoms with Gasteiger partial charge in [-0.2, -0.15) is 0 Å². The minimum atomic E-state index is -0.205. The van der Waals surface area contributed by atoms with Crippen LogP contribution in [0.4, 0.5) is 51.2 Å². The van der Waals surface area contributed by atoms with Gasteiger partial charge in [0.1, 0.15) is 11.2 Å². The molecule has 0 saturated heterocycles. The van der Waals surface area contributed by atoms with E-state index in [0.29, 0.717) is 0 Å². The molecule has 0 aliphatic carbocycles. The Morgan fingerprint density at radius 1 is 0.365 bits per heavy atom. The van der Waals surface area contributed by atoms with Gasteiger partial charge in [-0.15, -0.1) is 0 Å². The summed E-state index contributed by atoms with van der Waals surface area (Å²) in [4.78, 5) is 7.66. The Bertz CT molecular complexity index is 4520. The monoisotopic (exact) mass is 1100 g/mol. The Balaban J connectivity index is 1.04. The van der Waals surface area contributed by atoms with Crippen LogP contribution >= 0.6 is 0 Å². The van der Waals surface area contributed by atoms with Gasteiger partial charge >= 0.3 is 0 Å². The number of anilines is 9. The average Bonchev–Trinajstić information content (AvgIpc) is 1.63. The van der Waals surface area contributed by atoms with E-state index < -0.39 is 0 Å². The summed E-state index contributed by atoms with van der Waals surface area (Å²) in [5, 5.41) is 2.25. The molecule has 0 saturated carbocycles. The van der Waals surface area contributed by atoms with Gasteiger partial charge in [-0.25, -0.2) is 0 Å². The summed E-state index contributed by atoms with van der Waals surface area (Å²) < 4.78 is 6.65. The van der Waals surface area contributed by atoms with Gasteiger partial charge in [0.2, 0.25) is 0 Å². The van der Waals surface area contributed by atoms with Crippen molar-refractivity contribution in [3.05, 3.63) is 264 Å². The minimum absolute atomic E-state index is 0.00148. The third kappa shape index (κ3) is 9.33. The highest BCUT2D eigenvalue weighted by Crippen LogP contribution is 2.50. The molecular formula is C80H72BN3O. The summed E-state index contributed by atoms with van der Waals surface area (Å²) in [6, 6.07) is 88.6. The van der Waals surface area contributed by atoms with Gasteiger partial charge < -0.3 is 19.1 Å². The zero-order valence-corrected chi connectivity index (χ0v) is 50.8. The number of hydrogen-bond donors (Lipinski definition) is 0. The van der Waals surface area contributed by atoms with Gasteiger partial charge in [-0.05, 0) is 175 Å². The van der Waals surface area contributed by atoms with Crippen molar-refractivity contribution in [1.82, 2.24) is 0 Å². The molecule has 3 heterocycles. The Morgan fingerprint density at radius 2 is 0.835 bits per heavy atom. The molecule has 0 amide bonds. The molecule has 2 aliphatic rings. The van der Waals surface area contributed by atoms with E-state index in [0.717, 1.165) is 61.5 Å². The molecule has 11 aromatic carbocycles. The molecule has 0 atom stereocenters. The van der Waals surface area contributed by atoms with Crippen molar-refractivity contribution in [2.75, 3.05) is 14.7 Å². The molecule has 1 aromatic heterocycles. The topological polar surface area (TPSA) is 22.9 Å². The lowest BCUT2D eigenvalue weighted by Gasteiger charge is -2.45. The molecule has 0 bridgehead atoms. The van der Waals surface area contributed by atoms with Crippen molar-refractivity contribution in [3.8, 4) is 33.4 Å². The number of hydrogen-bond acceptors (Lipinski definition) is 4. The summed E-state index contributed by atoms with van der Waals surface area (Å²) in [5.74, 6) is 0. The largest absolute Gasteiger partial charge is 0.455 e. The van der Waals surface area contributed by atoms with Crippen LogP contribution in [0.1, 0.15) is 90.1 Å². The molecular weight excluding hydrogens is 1030 g/mol. The first-order valence-electron chi connectivity index (χ1n) is 30.2. The molecule has 0 radical (unpaired) electrons. The van der Waals surface area contributed by atoms with Crippen molar-refractivity contribution in [1.29, 1.82) is 0 Å². The Labute approximate surface area is 502 Å². The van der Waals surface area contributed by atoms with Crippen molar-refractivity contribution in [3.63, 3.8) is 0 Å². The van der Waals surface area contributed by atoms with E-state index in [9.17, 15) is 0 Å². The number of aryl methyl sites for hydroxylation is 2. The maximum absolute atomic E-state index is 6.65. The van der Waals surface area contributed by atoms with Crippen LogP contribution in [0.5, 0.6) is 0 Å². The van der Waals surface area contributed by atoms with Crippen molar-refractivity contribution in [2.45, 2.75) is 92.4 Å². The van der Waals surface area contributed by atoms with Gasteiger partial charge in [-0.3, -0.25) is 0 Å². The van der Waals surface area contributed by atoms with E-state index in [-0.39, 0.29) is 23.0 Å². The van der Waals surface area contributed by atoms with Crippen LogP contribution in [0.3, 0.4) is 0 Å². The molecule has 12 aromatic rings. The lowest BCUT2D eigenvalue weighted by Crippen LogP contribution is -2.61. The second kappa shape index (κ2) is 20.2. The summed E-state index contributed by atoms with van der Waals surface area (Å²) >= 11 is 0. The normalized spacial score (nSPS) is 13.0. The molecule has 0 fully saturated rings. The first-order valence-corrected chi connectivity index (χ1v) is 30.2. The molecule has 4 nitrogen and oxygen atoms in total. The van der Waals surface area contributed by atoms with Crippen LogP contribution in [-0.2, 0) is 16.2 Å². The highest BCUT2D eigenvalue weighted by atomic mass is 16.3. The third-order valence-electron chi connectivity index (χ3n) is 17.9. The van der Waals surface area contributed by atoms with E-state index in [2.05, 4.69) is 321 Å². The van der Waals surface area contributed by atoms with Gasteiger partial charge in [0, 0.05) is 61.8 Å². The first kappa shape index (κ1) is 53.7. The van der Waals surface area contributed by atoms with Gasteiger partial charge in [0.05, 0.1) is 5.69 Å². The Morgan fingerprint density at radius 3 is 1.42 bits per heavy atom. The lowest BCUT2D eigenvalue weighted by molar-refractivity contribution is 0.589. The fourth-order valence-electron chi connectivity index (χ4n) is 13.4. The van der Waals surface area contributed by atoms with Crippen LogP contribution in [0.25, 0.3) is 55.3 Å². The van der Waals surface area contributed by atoms with Gasteiger partial charge in [0.25, 0.3) is 6.71 Å². The molecule has 0 N–H and O–H groups in total. The van der Waals surface area contributed by atoms with Crippen LogP contribution in [-0.4, -0.2) is 6.71 Å². The summed E-state index contributed by atoms with van der Waals surface area (Å²) in [7, 11) is 0. The van der Waals surface area contributed by atoms with E-state index in [1.807, 2.05) is 6.07 Å². The quantitative estimate of drug-likeness (QED) is 0.141. The lowest BCUT2D eigenvalue weighted by atomic mass is 9.33. The van der Waals surface area contributed by atoms with Crippen molar-refractivity contribution < 1.29 is 4.42 Å². The van der Waals surface area contributed by atoms with Crippen LogP contribution in [0.15, 0.2) is 241 Å². The second-order valence-electron chi connectivity index (χ2n) is 26.7. The number of fused-ring (bicyclic) bond motifs is 7. The Hall–Kier alpha value is -9.32. The number of benzene rings is 11. The maximum Gasteiger partial charge on any atom is 0.252 e. The SMILES string of the molecule is Cc1cc(C(C)(C)C)cc(C)c1N(c1ccc(C(C)(C)C)cc1)c1ccc2c(c1)N(c1ccc(-c3cccc4c3oc3ccccc34)cc1)c1cc(C(C)(C)C)cc3c1B2c1ccc(-c2ccccc2)cc1N3c1ccc(-c2ccccc2)cc1. The number of furan rings is 1. The molecule has 416 valence electrons. The molecule has 14 rings (SSSR count). The summed E-state index contributed by atoms with van der Waals surface area (Å²) in [5.41, 5.74) is 29.0. The predicted molar refractivity (Wildman–Crippen MR) is 364 cm³/mol. The zero-order valence-electron chi connectivity index (χ0n) is 50.8. The van der Waals surface area contributed by atoms with Crippen molar-refractivity contribution in [2.24, 2.45) is 0 Å². The minimum Gasteiger partial charge on any atom is -0.455 e. The third-order valence-corrected chi connectivity index (χ3v) is 17.9. The van der Waals surface area contributed by atoms with E-state index in [1.165, 1.54) is 89.2 Å². The van der Waals surface area contributed by atoms with E-state index in [4.69, 9.17) is 4.42 Å². The van der Waals surface area contributed by atoms with Gasteiger partial charge in [0.15, 0.2) is 0 Å². The smallest absolute Gasteiger partial charge is 0.252 e. The second-order valence-corrected chi connectivity index (χ2v) is 26.7. The van der Waals surface area contributed by atoms with E-state index >= 15 is 0 Å². The van der Waals surface area contributed by atoms with Crippen LogP contribution in [0, 0.1) is 13.8 Å². The summed E-state index contributed by atoms with van der Waals surface area (Å²) in [6.07, 6.45) is 0. The fourth-order valence-corrected chi connectivity index (χ4v) is 13.4. The molecule has 0 spiro atoms. The van der Waals surface area contributed by atoms with E-state index in [1.54, 1.807) is 0 Å². The standard InChI is InChI=1S/C80H72BN3O/c1-51-45-59(79(6,7)8)46-52(2)76(51)82(61-40-34-58(35-41-61)78(3,4)5)64-42-44-69-71(50-64)84(63-38-31-56(32-39-63)65-26-20-27-67-66-25-18-19-28-74(66)85-77(65)67)73-49-60(80(9,10)11)48-72-75(73)81(69)68-43-33-57(54-23-16-13-17-24-54)47-70(68)83(72)62-36-29-55(30-37-62)53-21-14-12-15-22-53/h12-50H,1-11H3. The molecule has 0 unspecified atom stereocenters. The van der Waals surface area contributed by atoms with Gasteiger partial charge in [-0.1, -0.05) is 226 Å². The molecule has 2 aliphatic heterocycles. The van der Waals surface area contributed by atoms with Crippen LogP contribution in [0.2, 0.25) is 0 Å². The Kier molecular flexibility index (Phi) is 12.8. The van der Waals surface area contributed by atoms with Crippen molar-refractivity contribution >= 4 is 96.2 Å².